The number of hydrogen-bond donors (Lipinski definition) is 1. The molecule has 1 N–H and O–H groups in total. The van der Waals surface area contributed by atoms with Gasteiger partial charge in [0.25, 0.3) is 0 Å². The molecule has 0 bridgehead atoms. The molecule has 0 atom stereocenters. The van der Waals surface area contributed by atoms with Crippen molar-refractivity contribution in [1.29, 1.82) is 0 Å². The van der Waals surface area contributed by atoms with Crippen molar-refractivity contribution in [3.63, 3.8) is 0 Å². The summed E-state index contributed by atoms with van der Waals surface area (Å²) < 4.78 is 12.1. The first-order valence-electron chi connectivity index (χ1n) is 12.4. The van der Waals surface area contributed by atoms with Crippen LogP contribution in [-0.2, 0) is 23.7 Å². The standard InChI is InChI=1S/C29H46O4S/c1-10-11-12-16-23-19-25(33-29(4,5)6)24(27(32-7)26(23)28(30)31)18-17-21(2)14-13-15-22(3)20-34(8)9/h15,17,19H,10-14,16,18,20H2,1-9H3/p+1/b21-17+,22-15+. The quantitative estimate of drug-likeness (QED) is 0.167. The Labute approximate surface area is 211 Å². The maximum atomic E-state index is 12.3. The number of benzene rings is 1. The number of carbonyl (C=O) groups is 1. The highest BCUT2D eigenvalue weighted by molar-refractivity contribution is 7.95. The first kappa shape index (κ1) is 30.2. The minimum atomic E-state index is -0.945. The predicted octanol–water partition coefficient (Wildman–Crippen LogP) is 7.40. The van der Waals surface area contributed by atoms with Gasteiger partial charge in [-0.15, -0.1) is 0 Å². The Hall–Kier alpha value is -1.88. The van der Waals surface area contributed by atoms with Gasteiger partial charge in [0.1, 0.15) is 28.4 Å². The normalized spacial score (nSPS) is 12.9. The summed E-state index contributed by atoms with van der Waals surface area (Å²) in [5.74, 6) is 1.37. The van der Waals surface area contributed by atoms with Crippen LogP contribution in [0.5, 0.6) is 11.5 Å². The van der Waals surface area contributed by atoms with Gasteiger partial charge in [-0.05, 0) is 94.8 Å². The summed E-state index contributed by atoms with van der Waals surface area (Å²) in [5, 5.41) is 10.0. The highest BCUT2D eigenvalue weighted by Crippen LogP contribution is 2.38. The molecular weight excluding hydrogens is 444 g/mol. The molecule has 0 amide bonds. The predicted molar refractivity (Wildman–Crippen MR) is 148 cm³/mol. The molecule has 0 unspecified atom stereocenters. The lowest BCUT2D eigenvalue weighted by molar-refractivity contribution is 0.0691. The topological polar surface area (TPSA) is 55.8 Å². The second kappa shape index (κ2) is 14.5. The van der Waals surface area contributed by atoms with Gasteiger partial charge in [0.2, 0.25) is 0 Å². The second-order valence-electron chi connectivity index (χ2n) is 10.4. The zero-order chi connectivity index (χ0) is 25.9. The van der Waals surface area contributed by atoms with Crippen LogP contribution in [0, 0.1) is 0 Å². The number of aryl methyl sites for hydroxylation is 1. The summed E-state index contributed by atoms with van der Waals surface area (Å²) in [5.41, 5.74) is 4.20. The number of ether oxygens (including phenoxy) is 2. The molecule has 0 spiro atoms. The number of allylic oxidation sites excluding steroid dienone is 3. The molecule has 1 aromatic rings. The average Bonchev–Trinajstić information content (AvgIpc) is 2.70. The monoisotopic (exact) mass is 491 g/mol. The van der Waals surface area contributed by atoms with Gasteiger partial charge in [-0.3, -0.25) is 0 Å². The number of aromatic carboxylic acids is 1. The number of methoxy groups -OCH3 is 1. The number of carboxylic acid groups (broad SMARTS) is 1. The highest BCUT2D eigenvalue weighted by Gasteiger charge is 2.26. The van der Waals surface area contributed by atoms with Crippen molar-refractivity contribution < 1.29 is 19.4 Å². The molecule has 4 nitrogen and oxygen atoms in total. The van der Waals surface area contributed by atoms with Crippen molar-refractivity contribution in [2.45, 2.75) is 92.1 Å². The summed E-state index contributed by atoms with van der Waals surface area (Å²) in [6.45, 7) is 12.5. The average molecular weight is 492 g/mol. The number of rotatable bonds is 14. The molecule has 5 heteroatoms. The van der Waals surface area contributed by atoms with Gasteiger partial charge in [0.05, 0.1) is 19.6 Å². The van der Waals surface area contributed by atoms with Crippen LogP contribution in [0.15, 0.2) is 29.4 Å². The fraction of sp³-hybridized carbons (Fsp3) is 0.621. The fourth-order valence-corrected chi connectivity index (χ4v) is 5.03. The first-order chi connectivity index (χ1) is 15.9. The lowest BCUT2D eigenvalue weighted by atomic mass is 9.94. The van der Waals surface area contributed by atoms with Crippen molar-refractivity contribution in [3.8, 4) is 11.5 Å². The molecule has 0 aliphatic heterocycles. The Balaban J connectivity index is 3.32. The molecule has 0 fully saturated rings. The zero-order valence-electron chi connectivity index (χ0n) is 23.0. The molecule has 192 valence electrons. The third kappa shape index (κ3) is 10.6. The van der Waals surface area contributed by atoms with Gasteiger partial charge in [-0.1, -0.05) is 37.5 Å². The molecule has 34 heavy (non-hydrogen) atoms. The first-order valence-corrected chi connectivity index (χ1v) is 14.6. The molecule has 0 heterocycles. The van der Waals surface area contributed by atoms with Crippen molar-refractivity contribution in [3.05, 3.63) is 46.1 Å². The fourth-order valence-electron chi connectivity index (χ4n) is 4.00. The molecule has 1 rings (SSSR count). The summed E-state index contributed by atoms with van der Waals surface area (Å²) >= 11 is 0. The molecule has 0 aromatic heterocycles. The van der Waals surface area contributed by atoms with Crippen molar-refractivity contribution in [1.82, 2.24) is 0 Å². The van der Waals surface area contributed by atoms with E-state index in [1.54, 1.807) is 7.11 Å². The maximum Gasteiger partial charge on any atom is 0.339 e. The highest BCUT2D eigenvalue weighted by atomic mass is 32.2. The third-order valence-corrected chi connectivity index (χ3v) is 6.54. The second-order valence-corrected chi connectivity index (χ2v) is 12.6. The van der Waals surface area contributed by atoms with Crippen LogP contribution in [-0.4, -0.2) is 42.1 Å². The van der Waals surface area contributed by atoms with Gasteiger partial charge in [-0.25, -0.2) is 4.79 Å². The van der Waals surface area contributed by atoms with Crippen LogP contribution < -0.4 is 9.47 Å². The minimum absolute atomic E-state index is 0.272. The van der Waals surface area contributed by atoms with E-state index in [-0.39, 0.29) is 5.56 Å². The smallest absolute Gasteiger partial charge is 0.339 e. The van der Waals surface area contributed by atoms with Crippen LogP contribution >= 0.6 is 0 Å². The Morgan fingerprint density at radius 3 is 2.32 bits per heavy atom. The number of carboxylic acids is 1. The van der Waals surface area contributed by atoms with Crippen LogP contribution in [0.25, 0.3) is 0 Å². The van der Waals surface area contributed by atoms with E-state index in [0.29, 0.717) is 29.5 Å². The minimum Gasteiger partial charge on any atom is -0.495 e. The summed E-state index contributed by atoms with van der Waals surface area (Å²) in [4.78, 5) is 12.3. The Bertz CT molecular complexity index is 860. The Morgan fingerprint density at radius 2 is 1.79 bits per heavy atom. The van der Waals surface area contributed by atoms with Gasteiger partial charge >= 0.3 is 5.97 Å². The van der Waals surface area contributed by atoms with E-state index in [4.69, 9.17) is 9.47 Å². The van der Waals surface area contributed by atoms with Crippen molar-refractivity contribution in [2.24, 2.45) is 0 Å². The largest absolute Gasteiger partial charge is 0.495 e. The van der Waals surface area contributed by atoms with Crippen LogP contribution in [0.2, 0.25) is 0 Å². The molecular formula is C29H47O4S+. The van der Waals surface area contributed by atoms with E-state index in [2.05, 4.69) is 45.4 Å². The van der Waals surface area contributed by atoms with Gasteiger partial charge in [-0.2, -0.15) is 0 Å². The van der Waals surface area contributed by atoms with Gasteiger partial charge < -0.3 is 14.6 Å². The lowest BCUT2D eigenvalue weighted by Gasteiger charge is -2.26. The molecule has 0 radical (unpaired) electrons. The SMILES string of the molecule is CCCCCc1cc(OC(C)(C)C)c(C/C=C(\C)CC/C=C(\C)C[S+](C)C)c(OC)c1C(=O)O. The molecule has 0 saturated heterocycles. The lowest BCUT2D eigenvalue weighted by Crippen LogP contribution is -2.24. The summed E-state index contributed by atoms with van der Waals surface area (Å²) in [6.07, 6.45) is 15.4. The van der Waals surface area contributed by atoms with E-state index < -0.39 is 11.6 Å². The molecule has 0 aliphatic carbocycles. The van der Waals surface area contributed by atoms with E-state index in [1.165, 1.54) is 11.1 Å². The Kier molecular flexibility index (Phi) is 12.9. The summed E-state index contributed by atoms with van der Waals surface area (Å²) in [7, 11) is 1.98. The molecule has 1 aromatic carbocycles. The van der Waals surface area contributed by atoms with Crippen molar-refractivity contribution >= 4 is 16.9 Å². The maximum absolute atomic E-state index is 12.3. The Morgan fingerprint density at radius 1 is 1.12 bits per heavy atom. The third-order valence-electron chi connectivity index (χ3n) is 5.51. The van der Waals surface area contributed by atoms with E-state index in [9.17, 15) is 9.90 Å². The van der Waals surface area contributed by atoms with Crippen LogP contribution in [0.3, 0.4) is 0 Å². The summed E-state index contributed by atoms with van der Waals surface area (Å²) in [6, 6.07) is 1.93. The van der Waals surface area contributed by atoms with Crippen LogP contribution in [0.1, 0.15) is 95.1 Å². The molecule has 0 aliphatic rings. The van der Waals surface area contributed by atoms with Crippen LogP contribution in [0.4, 0.5) is 0 Å². The molecule has 0 saturated carbocycles. The van der Waals surface area contributed by atoms with Gasteiger partial charge in [0, 0.05) is 5.56 Å². The zero-order valence-corrected chi connectivity index (χ0v) is 23.8. The van der Waals surface area contributed by atoms with Gasteiger partial charge in [0.15, 0.2) is 0 Å². The van der Waals surface area contributed by atoms with E-state index >= 15 is 0 Å². The van der Waals surface area contributed by atoms with E-state index in [1.807, 2.05) is 26.8 Å². The number of unbranched alkanes of at least 4 members (excludes halogenated alkanes) is 2. The van der Waals surface area contributed by atoms with E-state index in [0.717, 1.165) is 54.7 Å². The number of hydrogen-bond acceptors (Lipinski definition) is 3. The van der Waals surface area contributed by atoms with Crippen molar-refractivity contribution in [2.75, 3.05) is 25.4 Å².